The van der Waals surface area contributed by atoms with E-state index < -0.39 is 31.0 Å². The molecule has 2 rings (SSSR count). The van der Waals surface area contributed by atoms with Crippen LogP contribution in [-0.4, -0.2) is 53.1 Å². The molecule has 1 unspecified atom stereocenters. The maximum absolute atomic E-state index is 12.2. The van der Waals surface area contributed by atoms with E-state index in [0.29, 0.717) is 18.5 Å². The van der Waals surface area contributed by atoms with E-state index in [1.807, 2.05) is 0 Å². The second-order valence-electron chi connectivity index (χ2n) is 5.10. The molecule has 1 aromatic rings. The van der Waals surface area contributed by atoms with Crippen LogP contribution in [0.4, 0.5) is 13.6 Å². The minimum absolute atomic E-state index is 0.0398. The number of carbonyl (C=O) groups is 2. The van der Waals surface area contributed by atoms with E-state index in [9.17, 15) is 18.4 Å². The third-order valence-electron chi connectivity index (χ3n) is 3.45. The van der Waals surface area contributed by atoms with Crippen molar-refractivity contribution >= 4 is 12.0 Å². The van der Waals surface area contributed by atoms with Gasteiger partial charge in [-0.3, -0.25) is 4.79 Å². The zero-order valence-electron chi connectivity index (χ0n) is 12.2. The van der Waals surface area contributed by atoms with Crippen LogP contribution in [0.1, 0.15) is 12.0 Å². The molecular weight excluding hydrogens is 312 g/mol. The van der Waals surface area contributed by atoms with Gasteiger partial charge in [0.25, 0.3) is 6.43 Å². The summed E-state index contributed by atoms with van der Waals surface area (Å²) in [7, 11) is 0. The van der Waals surface area contributed by atoms with E-state index >= 15 is 0 Å². The maximum Gasteiger partial charge on any atom is 0.317 e. The number of urea groups is 1. The first kappa shape index (κ1) is 16.9. The van der Waals surface area contributed by atoms with Gasteiger partial charge in [-0.05, 0) is 12.5 Å². The molecular formula is C14H17F2N3O4. The Morgan fingerprint density at radius 2 is 2.30 bits per heavy atom. The van der Waals surface area contributed by atoms with Crippen molar-refractivity contribution in [3.8, 4) is 5.88 Å². The average Bonchev–Trinajstić information content (AvgIpc) is 3.01. The van der Waals surface area contributed by atoms with Gasteiger partial charge in [0.2, 0.25) is 5.88 Å². The van der Waals surface area contributed by atoms with Gasteiger partial charge in [-0.1, -0.05) is 6.07 Å². The minimum atomic E-state index is -2.61. The van der Waals surface area contributed by atoms with E-state index in [1.165, 1.54) is 11.1 Å². The number of amides is 2. The molecule has 9 heteroatoms. The zero-order valence-corrected chi connectivity index (χ0v) is 12.2. The number of ether oxygens (including phenoxy) is 1. The summed E-state index contributed by atoms with van der Waals surface area (Å²) < 4.78 is 29.3. The first-order valence-electron chi connectivity index (χ1n) is 7.07. The quantitative estimate of drug-likeness (QED) is 0.822. The number of aromatic nitrogens is 1. The van der Waals surface area contributed by atoms with Crippen molar-refractivity contribution in [3.63, 3.8) is 0 Å². The molecule has 2 N–H and O–H groups in total. The number of nitrogens with zero attached hydrogens (tertiary/aromatic N) is 2. The molecule has 1 saturated heterocycles. The summed E-state index contributed by atoms with van der Waals surface area (Å²) >= 11 is 0. The SMILES string of the molecule is O=C(O)C1CCN(C(=O)NCc2cccnc2OCC(F)F)C1. The summed E-state index contributed by atoms with van der Waals surface area (Å²) in [5.41, 5.74) is 0.468. The van der Waals surface area contributed by atoms with Crippen LogP contribution < -0.4 is 10.1 Å². The number of hydrogen-bond donors (Lipinski definition) is 2. The second kappa shape index (κ2) is 7.70. The van der Waals surface area contributed by atoms with Crippen molar-refractivity contribution in [2.45, 2.75) is 19.4 Å². The van der Waals surface area contributed by atoms with Crippen molar-refractivity contribution in [1.29, 1.82) is 0 Å². The second-order valence-corrected chi connectivity index (χ2v) is 5.10. The highest BCUT2D eigenvalue weighted by Crippen LogP contribution is 2.18. The summed E-state index contributed by atoms with van der Waals surface area (Å²) in [6, 6.07) is 2.81. The monoisotopic (exact) mass is 329 g/mol. The van der Waals surface area contributed by atoms with Gasteiger partial charge >= 0.3 is 12.0 Å². The molecule has 1 fully saturated rings. The predicted octanol–water partition coefficient (Wildman–Crippen LogP) is 1.34. The average molecular weight is 329 g/mol. The van der Waals surface area contributed by atoms with Gasteiger partial charge in [0, 0.05) is 31.4 Å². The highest BCUT2D eigenvalue weighted by Gasteiger charge is 2.30. The third-order valence-corrected chi connectivity index (χ3v) is 3.45. The van der Waals surface area contributed by atoms with Crippen molar-refractivity contribution in [2.75, 3.05) is 19.7 Å². The first-order valence-corrected chi connectivity index (χ1v) is 7.07. The van der Waals surface area contributed by atoms with Crippen LogP contribution >= 0.6 is 0 Å². The number of alkyl halides is 2. The lowest BCUT2D eigenvalue weighted by Gasteiger charge is -2.17. The van der Waals surface area contributed by atoms with Gasteiger partial charge in [-0.25, -0.2) is 18.6 Å². The zero-order chi connectivity index (χ0) is 16.8. The first-order chi connectivity index (χ1) is 11.0. The van der Waals surface area contributed by atoms with Crippen LogP contribution in [0.25, 0.3) is 0 Å². The molecule has 0 aliphatic carbocycles. The lowest BCUT2D eigenvalue weighted by atomic mass is 10.1. The molecule has 126 valence electrons. The molecule has 1 atom stereocenters. The Hall–Kier alpha value is -2.45. The molecule has 0 radical (unpaired) electrons. The van der Waals surface area contributed by atoms with Crippen LogP contribution in [0.15, 0.2) is 18.3 Å². The predicted molar refractivity (Wildman–Crippen MR) is 75.3 cm³/mol. The number of aliphatic carboxylic acids is 1. The largest absolute Gasteiger partial charge is 0.481 e. The molecule has 2 heterocycles. The number of pyridine rings is 1. The van der Waals surface area contributed by atoms with Gasteiger partial charge in [0.05, 0.1) is 5.92 Å². The molecule has 1 aliphatic rings. The van der Waals surface area contributed by atoms with Crippen LogP contribution in [0, 0.1) is 5.92 Å². The molecule has 0 bridgehead atoms. The Morgan fingerprint density at radius 1 is 1.52 bits per heavy atom. The van der Waals surface area contributed by atoms with E-state index in [4.69, 9.17) is 9.84 Å². The number of carboxylic acids is 1. The molecule has 23 heavy (non-hydrogen) atoms. The lowest BCUT2D eigenvalue weighted by molar-refractivity contribution is -0.141. The molecule has 2 amide bonds. The van der Waals surface area contributed by atoms with Gasteiger partial charge in [0.1, 0.15) is 0 Å². The third kappa shape index (κ3) is 4.76. The number of carboxylic acid groups (broad SMARTS) is 1. The minimum Gasteiger partial charge on any atom is -0.481 e. The normalized spacial score (nSPS) is 17.3. The summed E-state index contributed by atoms with van der Waals surface area (Å²) in [4.78, 5) is 28.2. The Kier molecular flexibility index (Phi) is 5.67. The number of likely N-dealkylation sites (tertiary alicyclic amines) is 1. The molecule has 7 nitrogen and oxygen atoms in total. The fourth-order valence-electron chi connectivity index (χ4n) is 2.26. The smallest absolute Gasteiger partial charge is 0.317 e. The van der Waals surface area contributed by atoms with Gasteiger partial charge in [0.15, 0.2) is 6.61 Å². The van der Waals surface area contributed by atoms with E-state index in [-0.39, 0.29) is 19.0 Å². The number of hydrogen-bond acceptors (Lipinski definition) is 4. The topological polar surface area (TPSA) is 91.8 Å². The van der Waals surface area contributed by atoms with E-state index in [2.05, 4.69) is 10.3 Å². The van der Waals surface area contributed by atoms with Gasteiger partial charge < -0.3 is 20.1 Å². The van der Waals surface area contributed by atoms with Crippen LogP contribution in [0.3, 0.4) is 0 Å². The molecule has 0 aromatic carbocycles. The Bertz CT molecular complexity index is 571. The number of rotatable bonds is 6. The van der Waals surface area contributed by atoms with Crippen molar-refractivity contribution in [1.82, 2.24) is 15.2 Å². The van der Waals surface area contributed by atoms with E-state index in [0.717, 1.165) is 0 Å². The number of carbonyl (C=O) groups excluding carboxylic acids is 1. The summed E-state index contributed by atoms with van der Waals surface area (Å²) in [6.45, 7) is -0.197. The van der Waals surface area contributed by atoms with E-state index in [1.54, 1.807) is 12.1 Å². The molecule has 0 spiro atoms. The highest BCUT2D eigenvalue weighted by molar-refractivity contribution is 5.77. The Labute approximate surface area is 131 Å². The van der Waals surface area contributed by atoms with Crippen LogP contribution in [-0.2, 0) is 11.3 Å². The standard InChI is InChI=1S/C14H17F2N3O4/c15-11(16)8-23-12-9(2-1-4-17-12)6-18-14(22)19-5-3-10(7-19)13(20)21/h1-2,4,10-11H,3,5-8H2,(H,18,22)(H,20,21). The molecule has 1 aromatic heterocycles. The fourth-order valence-corrected chi connectivity index (χ4v) is 2.26. The van der Waals surface area contributed by atoms with Crippen LogP contribution in [0.2, 0.25) is 0 Å². The lowest BCUT2D eigenvalue weighted by Crippen LogP contribution is -2.38. The Morgan fingerprint density at radius 3 is 2.96 bits per heavy atom. The number of nitrogens with one attached hydrogen (secondary N) is 1. The van der Waals surface area contributed by atoms with Crippen LogP contribution in [0.5, 0.6) is 5.88 Å². The van der Waals surface area contributed by atoms with Crippen molar-refractivity contribution < 1.29 is 28.2 Å². The summed E-state index contributed by atoms with van der Waals surface area (Å²) in [5, 5.41) is 11.5. The summed E-state index contributed by atoms with van der Waals surface area (Å²) in [6.07, 6.45) is -0.792. The van der Waals surface area contributed by atoms with Crippen molar-refractivity contribution in [2.24, 2.45) is 5.92 Å². The fraction of sp³-hybridized carbons (Fsp3) is 0.500. The maximum atomic E-state index is 12.2. The summed E-state index contributed by atoms with van der Waals surface area (Å²) in [5.74, 6) is -1.43. The Balaban J connectivity index is 1.88. The van der Waals surface area contributed by atoms with Gasteiger partial charge in [-0.2, -0.15) is 0 Å². The number of halogens is 2. The molecule has 1 aliphatic heterocycles. The molecule has 0 saturated carbocycles. The van der Waals surface area contributed by atoms with Gasteiger partial charge in [-0.15, -0.1) is 0 Å². The highest BCUT2D eigenvalue weighted by atomic mass is 19.3. The van der Waals surface area contributed by atoms with Crippen molar-refractivity contribution in [3.05, 3.63) is 23.9 Å².